The molecule has 5 nitrogen and oxygen atoms in total. The third kappa shape index (κ3) is 6.33. The van der Waals surface area contributed by atoms with Gasteiger partial charge in [0.15, 0.2) is 0 Å². The molecular weight excluding hydrogens is 515 g/mol. The molecule has 1 saturated heterocycles. The maximum Gasteiger partial charge on any atom is 0.416 e. The molecule has 3 unspecified atom stereocenters. The molecule has 1 aliphatic heterocycles. The highest BCUT2D eigenvalue weighted by molar-refractivity contribution is 6.33. The lowest BCUT2D eigenvalue weighted by Crippen LogP contribution is -2.53. The van der Waals surface area contributed by atoms with Gasteiger partial charge in [-0.2, -0.15) is 13.2 Å². The van der Waals surface area contributed by atoms with Crippen LogP contribution in [-0.4, -0.2) is 34.3 Å². The van der Waals surface area contributed by atoms with Crippen molar-refractivity contribution in [1.29, 1.82) is 0 Å². The van der Waals surface area contributed by atoms with Crippen LogP contribution in [0.5, 0.6) is 0 Å². The van der Waals surface area contributed by atoms with Crippen molar-refractivity contribution in [2.45, 2.75) is 83.5 Å². The smallest absolute Gasteiger partial charge is 0.344 e. The molecule has 1 aromatic heterocycles. The van der Waals surface area contributed by atoms with Gasteiger partial charge >= 0.3 is 6.18 Å². The van der Waals surface area contributed by atoms with Crippen LogP contribution in [0.15, 0.2) is 36.7 Å². The second-order valence-corrected chi connectivity index (χ2v) is 11.0. The van der Waals surface area contributed by atoms with E-state index in [0.29, 0.717) is 24.9 Å². The molecule has 1 saturated carbocycles. The first-order valence-electron chi connectivity index (χ1n) is 13.5. The van der Waals surface area contributed by atoms with Crippen LogP contribution < -0.4 is 5.32 Å². The highest BCUT2D eigenvalue weighted by Crippen LogP contribution is 2.39. The lowest BCUT2D eigenvalue weighted by atomic mass is 9.83. The number of alkyl halides is 3. The molecule has 206 valence electrons. The number of pyridine rings is 1. The summed E-state index contributed by atoms with van der Waals surface area (Å²) < 4.78 is 40.0. The summed E-state index contributed by atoms with van der Waals surface area (Å²) in [7, 11) is 0. The topological polar surface area (TPSA) is 62.3 Å². The molecule has 2 aromatic rings. The number of nitrogens with zero attached hydrogens (tertiary/aromatic N) is 2. The van der Waals surface area contributed by atoms with E-state index in [1.54, 1.807) is 12.3 Å². The Bertz CT molecular complexity index is 1150. The normalized spacial score (nSPS) is 20.3. The van der Waals surface area contributed by atoms with Gasteiger partial charge in [-0.05, 0) is 67.9 Å². The molecule has 2 fully saturated rings. The summed E-state index contributed by atoms with van der Waals surface area (Å²) in [5, 5.41) is 3.28. The minimum Gasteiger partial charge on any atom is -0.344 e. The van der Waals surface area contributed by atoms with Crippen molar-refractivity contribution < 1.29 is 22.8 Å². The number of amides is 2. The number of carbonyl (C=O) groups excluding carboxylic acids is 2. The first kappa shape index (κ1) is 28.4. The monoisotopic (exact) mass is 549 g/mol. The van der Waals surface area contributed by atoms with Crippen molar-refractivity contribution in [3.8, 4) is 11.1 Å². The van der Waals surface area contributed by atoms with Crippen molar-refractivity contribution in [3.63, 3.8) is 0 Å². The number of rotatable bonds is 7. The van der Waals surface area contributed by atoms with E-state index in [9.17, 15) is 22.8 Å². The second-order valence-electron chi connectivity index (χ2n) is 10.6. The molecule has 4 rings (SSSR count). The number of hydrogen-bond acceptors (Lipinski definition) is 3. The number of halogens is 4. The minimum atomic E-state index is -4.49. The first-order chi connectivity index (χ1) is 18.1. The van der Waals surface area contributed by atoms with E-state index in [1.807, 2.05) is 18.7 Å². The zero-order chi connectivity index (χ0) is 27.4. The first-order valence-corrected chi connectivity index (χ1v) is 13.9. The SMILES string of the molecule is CCC(C)C(=O)NC(C(=O)N1CCCC1c1cncc(-c2cc(C(F)(F)F)ccc2Cl)c1)C1CCCCC1. The summed E-state index contributed by atoms with van der Waals surface area (Å²) in [6.07, 6.45) is 5.89. The van der Waals surface area contributed by atoms with Gasteiger partial charge in [0.2, 0.25) is 11.8 Å². The van der Waals surface area contributed by atoms with Crippen LogP contribution >= 0.6 is 11.6 Å². The molecular formula is C29H35ClF3N3O2. The number of carbonyl (C=O) groups is 2. The zero-order valence-corrected chi connectivity index (χ0v) is 22.6. The summed E-state index contributed by atoms with van der Waals surface area (Å²) in [5.74, 6) is -0.270. The molecule has 0 bridgehead atoms. The molecule has 0 radical (unpaired) electrons. The Morgan fingerprint density at radius 2 is 1.84 bits per heavy atom. The molecule has 2 amide bonds. The Morgan fingerprint density at radius 3 is 2.53 bits per heavy atom. The van der Waals surface area contributed by atoms with Gasteiger partial charge < -0.3 is 10.2 Å². The Labute approximate surface area is 227 Å². The van der Waals surface area contributed by atoms with Crippen LogP contribution in [-0.2, 0) is 15.8 Å². The van der Waals surface area contributed by atoms with Crippen LogP contribution in [0.2, 0.25) is 5.02 Å². The Kier molecular flexibility index (Phi) is 9.01. The zero-order valence-electron chi connectivity index (χ0n) is 21.9. The molecule has 2 aliphatic rings. The highest BCUT2D eigenvalue weighted by atomic mass is 35.5. The van der Waals surface area contributed by atoms with Crippen LogP contribution in [0.25, 0.3) is 11.1 Å². The van der Waals surface area contributed by atoms with Gasteiger partial charge in [0.1, 0.15) is 6.04 Å². The minimum absolute atomic E-state index is 0.0847. The van der Waals surface area contributed by atoms with Gasteiger partial charge in [-0.25, -0.2) is 0 Å². The van der Waals surface area contributed by atoms with E-state index in [0.717, 1.165) is 56.2 Å². The Morgan fingerprint density at radius 1 is 1.11 bits per heavy atom. The average molecular weight is 550 g/mol. The summed E-state index contributed by atoms with van der Waals surface area (Å²) in [6.45, 7) is 4.38. The second kappa shape index (κ2) is 12.1. The Balaban J connectivity index is 1.62. The molecule has 2 heterocycles. The molecule has 0 spiro atoms. The van der Waals surface area contributed by atoms with Crippen molar-refractivity contribution >= 4 is 23.4 Å². The van der Waals surface area contributed by atoms with Crippen LogP contribution in [0.1, 0.15) is 82.4 Å². The summed E-state index contributed by atoms with van der Waals surface area (Å²) >= 11 is 6.29. The maximum atomic E-state index is 14.0. The van der Waals surface area contributed by atoms with Crippen LogP contribution in [0.4, 0.5) is 13.2 Å². The van der Waals surface area contributed by atoms with Crippen LogP contribution in [0, 0.1) is 11.8 Å². The third-order valence-electron chi connectivity index (χ3n) is 8.03. The van der Waals surface area contributed by atoms with E-state index in [1.165, 1.54) is 12.3 Å². The van der Waals surface area contributed by atoms with Crippen molar-refractivity contribution in [2.24, 2.45) is 11.8 Å². The van der Waals surface area contributed by atoms with Crippen molar-refractivity contribution in [3.05, 3.63) is 52.8 Å². The van der Waals surface area contributed by atoms with Gasteiger partial charge in [0.25, 0.3) is 0 Å². The number of likely N-dealkylation sites (tertiary alicyclic amines) is 1. The number of hydrogen-bond donors (Lipinski definition) is 1. The summed E-state index contributed by atoms with van der Waals surface area (Å²) in [4.78, 5) is 33.0. The molecule has 38 heavy (non-hydrogen) atoms. The number of aromatic nitrogens is 1. The third-order valence-corrected chi connectivity index (χ3v) is 8.36. The predicted octanol–water partition coefficient (Wildman–Crippen LogP) is 7.20. The maximum absolute atomic E-state index is 14.0. The molecule has 1 aromatic carbocycles. The number of nitrogens with one attached hydrogen (secondary N) is 1. The molecule has 1 N–H and O–H groups in total. The summed E-state index contributed by atoms with van der Waals surface area (Å²) in [5.41, 5.74) is 0.671. The fraction of sp³-hybridized carbons (Fsp3) is 0.552. The number of benzene rings is 1. The van der Waals surface area contributed by atoms with Gasteiger partial charge in [-0.15, -0.1) is 0 Å². The lowest BCUT2D eigenvalue weighted by Gasteiger charge is -2.35. The fourth-order valence-corrected chi connectivity index (χ4v) is 5.82. The molecule has 3 atom stereocenters. The van der Waals surface area contributed by atoms with Crippen molar-refractivity contribution in [2.75, 3.05) is 6.54 Å². The average Bonchev–Trinajstić information content (AvgIpc) is 3.41. The van der Waals surface area contributed by atoms with Gasteiger partial charge in [0, 0.05) is 41.0 Å². The van der Waals surface area contributed by atoms with Gasteiger partial charge in [-0.1, -0.05) is 44.7 Å². The Hall–Kier alpha value is -2.61. The van der Waals surface area contributed by atoms with E-state index in [2.05, 4.69) is 10.3 Å². The molecule has 1 aliphatic carbocycles. The van der Waals surface area contributed by atoms with Gasteiger partial charge in [0.05, 0.1) is 11.6 Å². The summed E-state index contributed by atoms with van der Waals surface area (Å²) in [6, 6.07) is 4.16. The van der Waals surface area contributed by atoms with E-state index in [-0.39, 0.29) is 40.3 Å². The van der Waals surface area contributed by atoms with E-state index >= 15 is 0 Å². The predicted molar refractivity (Wildman–Crippen MR) is 141 cm³/mol. The quantitative estimate of drug-likeness (QED) is 0.397. The molecule has 9 heteroatoms. The van der Waals surface area contributed by atoms with Gasteiger partial charge in [-0.3, -0.25) is 14.6 Å². The standard InChI is InChI=1S/C29H35ClF3N3O2/c1-3-18(2)27(37)35-26(19-8-5-4-6-9-19)28(38)36-13-7-10-25(36)21-14-20(16-34-17-21)23-15-22(29(31,32)33)11-12-24(23)30/h11-12,14-19,25-26H,3-10,13H2,1-2H3,(H,35,37). The largest absolute Gasteiger partial charge is 0.416 e. The lowest BCUT2D eigenvalue weighted by molar-refractivity contribution is -0.140. The van der Waals surface area contributed by atoms with E-state index in [4.69, 9.17) is 11.6 Å². The fourth-order valence-electron chi connectivity index (χ4n) is 5.60. The van der Waals surface area contributed by atoms with Crippen LogP contribution in [0.3, 0.4) is 0 Å². The van der Waals surface area contributed by atoms with E-state index < -0.39 is 17.8 Å². The highest BCUT2D eigenvalue weighted by Gasteiger charge is 2.39. The van der Waals surface area contributed by atoms with Crippen molar-refractivity contribution in [1.82, 2.24) is 15.2 Å².